The number of aryl methyl sites for hydroxylation is 1. The number of piperazine rings is 1. The molecule has 0 spiro atoms. The van der Waals surface area contributed by atoms with Crippen LogP contribution in [0.3, 0.4) is 0 Å². The van der Waals surface area contributed by atoms with Crippen molar-refractivity contribution in [3.8, 4) is 0 Å². The number of hydrogen-bond donors (Lipinski definition) is 1. The lowest BCUT2D eigenvalue weighted by atomic mass is 10.2. The molecular formula is C21H29N5O5. The summed E-state index contributed by atoms with van der Waals surface area (Å²) in [6.45, 7) is 9.37. The Morgan fingerprint density at radius 2 is 1.77 bits per heavy atom. The highest BCUT2D eigenvalue weighted by Crippen LogP contribution is 2.22. The van der Waals surface area contributed by atoms with Crippen molar-refractivity contribution < 1.29 is 18.7 Å². The van der Waals surface area contributed by atoms with Crippen molar-refractivity contribution in [2.75, 3.05) is 52.4 Å². The van der Waals surface area contributed by atoms with Crippen LogP contribution in [0.2, 0.25) is 0 Å². The summed E-state index contributed by atoms with van der Waals surface area (Å²) in [6, 6.07) is 0. The largest absolute Gasteiger partial charge is 0.462 e. The molecule has 2 saturated heterocycles. The molecule has 1 N–H and O–H groups in total. The van der Waals surface area contributed by atoms with Crippen molar-refractivity contribution in [2.45, 2.75) is 33.2 Å². The second-order valence-electron chi connectivity index (χ2n) is 8.09. The number of nitrogens with one attached hydrogen (secondary N) is 1. The van der Waals surface area contributed by atoms with Crippen LogP contribution in [-0.4, -0.2) is 89.0 Å². The van der Waals surface area contributed by atoms with Crippen LogP contribution in [0.5, 0.6) is 0 Å². The van der Waals surface area contributed by atoms with E-state index in [1.807, 2.05) is 4.90 Å². The molecule has 4 rings (SSSR count). The molecule has 2 aromatic heterocycles. The van der Waals surface area contributed by atoms with Gasteiger partial charge in [0.25, 0.3) is 5.56 Å². The molecule has 0 unspecified atom stereocenters. The van der Waals surface area contributed by atoms with E-state index in [2.05, 4.69) is 19.8 Å². The number of fused-ring (bicyclic) bond motifs is 1. The third-order valence-electron chi connectivity index (χ3n) is 5.92. The minimum atomic E-state index is -0.585. The first-order valence-corrected chi connectivity index (χ1v) is 10.9. The van der Waals surface area contributed by atoms with E-state index in [0.29, 0.717) is 24.7 Å². The van der Waals surface area contributed by atoms with Crippen LogP contribution in [0.1, 0.15) is 41.7 Å². The van der Waals surface area contributed by atoms with Crippen molar-refractivity contribution in [1.82, 2.24) is 24.7 Å². The summed E-state index contributed by atoms with van der Waals surface area (Å²) in [5.74, 6) is 0.439. The Kier molecular flexibility index (Phi) is 6.38. The minimum Gasteiger partial charge on any atom is -0.462 e. The Morgan fingerprint density at radius 3 is 2.45 bits per heavy atom. The maximum Gasteiger partial charge on any atom is 0.342 e. The maximum atomic E-state index is 12.7. The summed E-state index contributed by atoms with van der Waals surface area (Å²) in [5.41, 5.74) is -0.127. The van der Waals surface area contributed by atoms with E-state index in [4.69, 9.17) is 9.15 Å². The first-order chi connectivity index (χ1) is 15.0. The molecule has 31 heavy (non-hydrogen) atoms. The Morgan fingerprint density at radius 1 is 1.10 bits per heavy atom. The highest BCUT2D eigenvalue weighted by atomic mass is 16.5. The van der Waals surface area contributed by atoms with E-state index >= 15 is 0 Å². The Labute approximate surface area is 180 Å². The van der Waals surface area contributed by atoms with Crippen LogP contribution in [0.25, 0.3) is 11.1 Å². The first-order valence-electron chi connectivity index (χ1n) is 10.9. The predicted octanol–water partition coefficient (Wildman–Crippen LogP) is 0.741. The van der Waals surface area contributed by atoms with Crippen LogP contribution >= 0.6 is 0 Å². The van der Waals surface area contributed by atoms with Crippen LogP contribution in [0.15, 0.2) is 9.21 Å². The molecule has 10 nitrogen and oxygen atoms in total. The molecule has 2 aromatic rings. The van der Waals surface area contributed by atoms with Gasteiger partial charge < -0.3 is 19.0 Å². The lowest BCUT2D eigenvalue weighted by molar-refractivity contribution is -0.131. The number of rotatable bonds is 6. The first kappa shape index (κ1) is 21.5. The number of hydrogen-bond acceptors (Lipinski definition) is 8. The quantitative estimate of drug-likeness (QED) is 0.667. The highest BCUT2D eigenvalue weighted by molar-refractivity contribution is 6.03. The van der Waals surface area contributed by atoms with Gasteiger partial charge >= 0.3 is 5.97 Å². The number of esters is 1. The van der Waals surface area contributed by atoms with Crippen molar-refractivity contribution >= 4 is 23.0 Å². The third-order valence-corrected chi connectivity index (χ3v) is 5.92. The lowest BCUT2D eigenvalue weighted by Crippen LogP contribution is -2.49. The van der Waals surface area contributed by atoms with Crippen LogP contribution in [0, 0.1) is 6.92 Å². The zero-order chi connectivity index (χ0) is 22.0. The molecule has 168 valence electrons. The van der Waals surface area contributed by atoms with Crippen molar-refractivity contribution in [3.63, 3.8) is 0 Å². The molecule has 2 fully saturated rings. The normalized spacial score (nSPS) is 18.1. The summed E-state index contributed by atoms with van der Waals surface area (Å²) >= 11 is 0. The average Bonchev–Trinajstić information content (AvgIpc) is 3.37. The third kappa shape index (κ3) is 4.64. The fraction of sp³-hybridized carbons (Fsp3) is 0.619. The summed E-state index contributed by atoms with van der Waals surface area (Å²) in [4.78, 5) is 50.7. The number of furan rings is 1. The maximum absolute atomic E-state index is 12.7. The number of likely N-dealkylation sites (tertiary alicyclic amines) is 1. The van der Waals surface area contributed by atoms with E-state index in [-0.39, 0.29) is 29.2 Å². The van der Waals surface area contributed by atoms with E-state index in [9.17, 15) is 14.4 Å². The van der Waals surface area contributed by atoms with Crippen molar-refractivity contribution in [3.05, 3.63) is 27.5 Å². The standard InChI is InChI=1S/C21H29N5O5/c1-3-30-21(29)17-14(2)31-20-18(17)19(28)22-15(23-20)12-24-8-10-25(11-9-24)13-16(27)26-6-4-5-7-26/h3-13H2,1-2H3,(H,22,23,28). The van der Waals surface area contributed by atoms with Crippen molar-refractivity contribution in [1.29, 1.82) is 0 Å². The Balaban J connectivity index is 1.39. The molecule has 10 heteroatoms. The molecule has 2 aliphatic heterocycles. The van der Waals surface area contributed by atoms with Gasteiger partial charge in [-0.3, -0.25) is 19.4 Å². The van der Waals surface area contributed by atoms with E-state index in [1.165, 1.54) is 0 Å². The number of carbonyl (C=O) groups excluding carboxylic acids is 2. The number of carbonyl (C=O) groups is 2. The molecule has 0 aromatic carbocycles. The van der Waals surface area contributed by atoms with E-state index in [0.717, 1.165) is 52.1 Å². The van der Waals surface area contributed by atoms with Gasteiger partial charge in [0.1, 0.15) is 22.5 Å². The van der Waals surface area contributed by atoms with Crippen molar-refractivity contribution in [2.24, 2.45) is 0 Å². The van der Waals surface area contributed by atoms with E-state index < -0.39 is 11.5 Å². The molecule has 1 amide bonds. The minimum absolute atomic E-state index is 0.130. The monoisotopic (exact) mass is 431 g/mol. The van der Waals surface area contributed by atoms with Gasteiger partial charge in [0.2, 0.25) is 11.6 Å². The zero-order valence-electron chi connectivity index (χ0n) is 18.1. The van der Waals surface area contributed by atoms with E-state index in [1.54, 1.807) is 13.8 Å². The number of nitrogens with zero attached hydrogens (tertiary/aromatic N) is 4. The number of ether oxygens (including phenoxy) is 1. The number of amides is 1. The molecule has 2 aliphatic rings. The molecule has 0 saturated carbocycles. The average molecular weight is 431 g/mol. The van der Waals surface area contributed by atoms with Gasteiger partial charge in [0, 0.05) is 39.3 Å². The summed E-state index contributed by atoms with van der Waals surface area (Å²) in [7, 11) is 0. The number of H-pyrrole nitrogens is 1. The molecule has 4 heterocycles. The number of aromatic amines is 1. The lowest BCUT2D eigenvalue weighted by Gasteiger charge is -2.34. The Hall–Kier alpha value is -2.72. The Bertz CT molecular complexity index is 1020. The van der Waals surface area contributed by atoms with Gasteiger partial charge in [-0.05, 0) is 26.7 Å². The zero-order valence-corrected chi connectivity index (χ0v) is 18.1. The smallest absolute Gasteiger partial charge is 0.342 e. The fourth-order valence-electron chi connectivity index (χ4n) is 4.26. The van der Waals surface area contributed by atoms with Gasteiger partial charge in [-0.1, -0.05) is 0 Å². The van der Waals surface area contributed by atoms with Gasteiger partial charge in [0.05, 0.1) is 19.7 Å². The molecular weight excluding hydrogens is 402 g/mol. The summed E-state index contributed by atoms with van der Waals surface area (Å²) < 4.78 is 10.6. The van der Waals surface area contributed by atoms with Gasteiger partial charge in [0.15, 0.2) is 0 Å². The van der Waals surface area contributed by atoms with Gasteiger partial charge in [-0.2, -0.15) is 4.98 Å². The fourth-order valence-corrected chi connectivity index (χ4v) is 4.26. The predicted molar refractivity (Wildman–Crippen MR) is 113 cm³/mol. The molecule has 0 radical (unpaired) electrons. The number of aromatic nitrogens is 2. The van der Waals surface area contributed by atoms with Crippen LogP contribution < -0.4 is 5.56 Å². The van der Waals surface area contributed by atoms with Crippen LogP contribution in [0.4, 0.5) is 0 Å². The molecule has 0 bridgehead atoms. The topological polar surface area (TPSA) is 112 Å². The second kappa shape index (κ2) is 9.19. The van der Waals surface area contributed by atoms with Crippen LogP contribution in [-0.2, 0) is 16.1 Å². The molecule has 0 atom stereocenters. The summed E-state index contributed by atoms with van der Waals surface area (Å²) in [6.07, 6.45) is 2.21. The van der Waals surface area contributed by atoms with Gasteiger partial charge in [-0.25, -0.2) is 4.79 Å². The second-order valence-corrected chi connectivity index (χ2v) is 8.09. The van der Waals surface area contributed by atoms with Gasteiger partial charge in [-0.15, -0.1) is 0 Å². The highest BCUT2D eigenvalue weighted by Gasteiger charge is 2.26. The SMILES string of the molecule is CCOC(=O)c1c(C)oc2nc(CN3CCN(CC(=O)N4CCCC4)CC3)[nH]c(=O)c12. The summed E-state index contributed by atoms with van der Waals surface area (Å²) in [5, 5.41) is 0.130. The molecule has 0 aliphatic carbocycles.